The highest BCUT2D eigenvalue weighted by molar-refractivity contribution is 6.11. The van der Waals surface area contributed by atoms with Crippen molar-refractivity contribution in [1.82, 2.24) is 4.57 Å². The van der Waals surface area contributed by atoms with Gasteiger partial charge in [-0.1, -0.05) is 109 Å². The number of fused-ring (bicyclic) bond motifs is 5. The van der Waals surface area contributed by atoms with Gasteiger partial charge in [0, 0.05) is 27.4 Å². The van der Waals surface area contributed by atoms with Crippen molar-refractivity contribution in [1.29, 1.82) is 0 Å². The van der Waals surface area contributed by atoms with Crippen molar-refractivity contribution in [3.05, 3.63) is 151 Å². The smallest absolute Gasteiger partial charge is 0.135 e. The topological polar surface area (TPSA) is 14.2 Å². The number of ether oxygens (including phenoxy) is 1. The number of hydrogen-bond acceptors (Lipinski definition) is 1. The number of para-hydroxylation sites is 2. The van der Waals surface area contributed by atoms with Gasteiger partial charge in [0.15, 0.2) is 0 Å². The number of rotatable bonds is 3. The molecule has 1 aliphatic heterocycles. The molecule has 0 saturated heterocycles. The van der Waals surface area contributed by atoms with Gasteiger partial charge in [0.1, 0.15) is 11.5 Å². The first-order valence-corrected chi connectivity index (χ1v) is 13.6. The lowest BCUT2D eigenvalue weighted by atomic mass is 9.89. The molecule has 0 unspecified atom stereocenters. The maximum Gasteiger partial charge on any atom is 0.135 e. The maximum absolute atomic E-state index is 9.52. The van der Waals surface area contributed by atoms with Crippen LogP contribution < -0.4 is 4.74 Å². The molecule has 2 nitrogen and oxygen atoms in total. The Bertz CT molecular complexity index is 2760. The minimum atomic E-state index is -0.459. The number of aromatic nitrogens is 1. The van der Waals surface area contributed by atoms with Crippen LogP contribution in [0.25, 0.3) is 71.6 Å². The molecule has 196 valence electrons. The van der Waals surface area contributed by atoms with Gasteiger partial charge in [-0.05, 0) is 75.6 Å². The Kier molecular flexibility index (Phi) is 3.41. The lowest BCUT2D eigenvalue weighted by molar-refractivity contribution is 0.487. The summed E-state index contributed by atoms with van der Waals surface area (Å²) in [5.74, 6) is 1.08. The van der Waals surface area contributed by atoms with Gasteiger partial charge in [0.2, 0.25) is 0 Å². The second-order valence-electron chi connectivity index (χ2n) is 10.2. The van der Waals surface area contributed by atoms with Crippen molar-refractivity contribution in [2.45, 2.75) is 0 Å². The first kappa shape index (κ1) is 16.0. The minimum absolute atomic E-state index is 0.0498. The standard InChI is InChI=1S/C40H25NO/c1-2-10-26(11-3-1)30-21-23-39-40-33(30)16-9-17-34(40)35-25-28(20-22-38(35)42-39)27-12-8-13-29(24-27)41-36-18-6-4-14-31(36)32-15-5-7-19-37(32)41/h1-25H/i1D,2D,3D,8D,10D,11D,12D,13D,24D. The van der Waals surface area contributed by atoms with Gasteiger partial charge in [-0.15, -0.1) is 0 Å². The summed E-state index contributed by atoms with van der Waals surface area (Å²) in [5, 5.41) is 3.24. The van der Waals surface area contributed by atoms with Crippen LogP contribution in [-0.4, -0.2) is 4.57 Å². The Balaban J connectivity index is 1.28. The van der Waals surface area contributed by atoms with Gasteiger partial charge in [0.05, 0.1) is 23.4 Å². The summed E-state index contributed by atoms with van der Waals surface area (Å²) < 4.78 is 86.4. The van der Waals surface area contributed by atoms with E-state index < -0.39 is 18.1 Å². The quantitative estimate of drug-likeness (QED) is 0.216. The van der Waals surface area contributed by atoms with Crippen LogP contribution >= 0.6 is 0 Å². The summed E-state index contributed by atoms with van der Waals surface area (Å²) in [6, 6.07) is 27.3. The van der Waals surface area contributed by atoms with Crippen LogP contribution in [0.2, 0.25) is 0 Å². The maximum atomic E-state index is 9.52. The zero-order valence-electron chi connectivity index (χ0n) is 31.1. The van der Waals surface area contributed by atoms with Crippen molar-refractivity contribution in [2.24, 2.45) is 0 Å². The van der Waals surface area contributed by atoms with E-state index in [1.807, 2.05) is 77.4 Å². The second kappa shape index (κ2) is 8.95. The van der Waals surface area contributed by atoms with E-state index in [1.54, 1.807) is 24.3 Å². The normalized spacial score (nSPS) is 15.0. The monoisotopic (exact) mass is 544 g/mol. The summed E-state index contributed by atoms with van der Waals surface area (Å²) in [7, 11) is 0. The summed E-state index contributed by atoms with van der Waals surface area (Å²) in [5.41, 5.74) is 4.52. The molecule has 8 aromatic rings. The molecule has 7 aromatic carbocycles. The fraction of sp³-hybridized carbons (Fsp3) is 0. The van der Waals surface area contributed by atoms with Crippen LogP contribution in [0.15, 0.2) is 151 Å². The van der Waals surface area contributed by atoms with Crippen molar-refractivity contribution in [3.63, 3.8) is 0 Å². The van der Waals surface area contributed by atoms with Gasteiger partial charge >= 0.3 is 0 Å². The fourth-order valence-electron chi connectivity index (χ4n) is 6.14. The van der Waals surface area contributed by atoms with Crippen LogP contribution in [0.4, 0.5) is 0 Å². The molecule has 0 saturated carbocycles. The van der Waals surface area contributed by atoms with E-state index in [-0.39, 0.29) is 53.1 Å². The lowest BCUT2D eigenvalue weighted by Gasteiger charge is -2.23. The van der Waals surface area contributed by atoms with Crippen LogP contribution in [0, 0.1) is 0 Å². The Morgan fingerprint density at radius 2 is 1.21 bits per heavy atom. The molecule has 0 radical (unpaired) electrons. The van der Waals surface area contributed by atoms with Gasteiger partial charge in [-0.2, -0.15) is 0 Å². The van der Waals surface area contributed by atoms with Crippen LogP contribution in [-0.2, 0) is 0 Å². The molecule has 0 N–H and O–H groups in total. The third-order valence-corrected chi connectivity index (χ3v) is 7.97. The predicted molar refractivity (Wildman–Crippen MR) is 175 cm³/mol. The Morgan fingerprint density at radius 3 is 2.02 bits per heavy atom. The van der Waals surface area contributed by atoms with E-state index >= 15 is 0 Å². The summed E-state index contributed by atoms with van der Waals surface area (Å²) >= 11 is 0. The Labute approximate surface area is 256 Å². The zero-order chi connectivity index (χ0) is 35.5. The Morgan fingerprint density at radius 1 is 0.500 bits per heavy atom. The van der Waals surface area contributed by atoms with E-state index in [0.717, 1.165) is 27.4 Å². The van der Waals surface area contributed by atoms with Crippen molar-refractivity contribution in [2.75, 3.05) is 0 Å². The second-order valence-corrected chi connectivity index (χ2v) is 10.2. The third-order valence-electron chi connectivity index (χ3n) is 7.97. The predicted octanol–water partition coefficient (Wildman–Crippen LogP) is 11.0. The number of nitrogens with zero attached hydrogens (tertiary/aromatic N) is 1. The number of benzene rings is 7. The zero-order valence-corrected chi connectivity index (χ0v) is 22.1. The average molecular weight is 545 g/mol. The molecule has 2 heterocycles. The third kappa shape index (κ3) is 3.39. The highest BCUT2D eigenvalue weighted by atomic mass is 16.5. The Hall–Kier alpha value is -5.60. The van der Waals surface area contributed by atoms with Gasteiger partial charge in [0.25, 0.3) is 0 Å². The molecule has 0 bridgehead atoms. The summed E-state index contributed by atoms with van der Waals surface area (Å²) in [4.78, 5) is 0. The first-order valence-electron chi connectivity index (χ1n) is 18.1. The molecule has 1 aromatic heterocycles. The van der Waals surface area contributed by atoms with Crippen molar-refractivity contribution >= 4 is 32.6 Å². The minimum Gasteiger partial charge on any atom is -0.456 e. The molecule has 0 amide bonds. The molecule has 0 aliphatic carbocycles. The molecule has 9 rings (SSSR count). The van der Waals surface area contributed by atoms with E-state index in [0.29, 0.717) is 39.0 Å². The van der Waals surface area contributed by atoms with Crippen molar-refractivity contribution < 1.29 is 17.1 Å². The fourth-order valence-corrected chi connectivity index (χ4v) is 6.14. The number of hydrogen-bond donors (Lipinski definition) is 0. The molecule has 1 aliphatic rings. The SMILES string of the molecule is [2H]c1c([2H])c([2H])c(-c2ccc3c4c(cccc24)-c2cc(-c4c([2H])c([2H])c([2H])c(-n5c6ccccc6c6ccccc65)c4[2H])ccc2O3)c([2H])c1[2H]. The van der Waals surface area contributed by atoms with Gasteiger partial charge in [-0.3, -0.25) is 0 Å². The summed E-state index contributed by atoms with van der Waals surface area (Å²) in [6.45, 7) is 0. The summed E-state index contributed by atoms with van der Waals surface area (Å²) in [6.07, 6.45) is 0. The van der Waals surface area contributed by atoms with Gasteiger partial charge in [-0.25, -0.2) is 0 Å². The van der Waals surface area contributed by atoms with E-state index in [2.05, 4.69) is 0 Å². The first-order chi connectivity index (χ1) is 24.6. The van der Waals surface area contributed by atoms with Crippen LogP contribution in [0.1, 0.15) is 12.3 Å². The van der Waals surface area contributed by atoms with E-state index in [9.17, 15) is 1.37 Å². The largest absolute Gasteiger partial charge is 0.456 e. The highest BCUT2D eigenvalue weighted by Crippen LogP contribution is 2.49. The molecule has 0 atom stereocenters. The van der Waals surface area contributed by atoms with Crippen molar-refractivity contribution in [3.8, 4) is 50.6 Å². The molecule has 0 spiro atoms. The van der Waals surface area contributed by atoms with Gasteiger partial charge < -0.3 is 9.30 Å². The molecular weight excluding hydrogens is 510 g/mol. The highest BCUT2D eigenvalue weighted by Gasteiger charge is 2.22. The molecule has 0 fully saturated rings. The molecule has 2 heteroatoms. The van der Waals surface area contributed by atoms with E-state index in [1.165, 1.54) is 0 Å². The molecule has 42 heavy (non-hydrogen) atoms. The van der Waals surface area contributed by atoms with E-state index in [4.69, 9.17) is 15.7 Å². The van der Waals surface area contributed by atoms with Crippen LogP contribution in [0.5, 0.6) is 11.5 Å². The average Bonchev–Trinajstić information content (AvgIpc) is 3.47. The lowest BCUT2D eigenvalue weighted by Crippen LogP contribution is -1.98. The van der Waals surface area contributed by atoms with Crippen LogP contribution in [0.3, 0.4) is 0 Å². The molecular formula is C40H25NO.